The number of imidazole rings is 1. The van der Waals surface area contributed by atoms with Crippen LogP contribution in [0.4, 0.5) is 0 Å². The van der Waals surface area contributed by atoms with Gasteiger partial charge in [-0.2, -0.15) is 0 Å². The van der Waals surface area contributed by atoms with E-state index in [1.807, 2.05) is 17.0 Å². The molecule has 2 heterocycles. The smallest absolute Gasteiger partial charge is 0.141 e. The highest BCUT2D eigenvalue weighted by Gasteiger charge is 2.06. The van der Waals surface area contributed by atoms with Gasteiger partial charge in [-0.25, -0.2) is 9.97 Å². The van der Waals surface area contributed by atoms with Crippen molar-refractivity contribution in [1.29, 1.82) is 0 Å². The van der Waals surface area contributed by atoms with Crippen molar-refractivity contribution < 1.29 is 5.11 Å². The van der Waals surface area contributed by atoms with Crippen molar-refractivity contribution in [2.45, 2.75) is 6.61 Å². The van der Waals surface area contributed by atoms with E-state index < -0.39 is 0 Å². The number of thiazole rings is 1. The molecular formula is C8H9N3OS. The summed E-state index contributed by atoms with van der Waals surface area (Å²) in [5.41, 5.74) is 1.69. The molecule has 13 heavy (non-hydrogen) atoms. The molecule has 1 N–H and O–H groups in total. The normalized spacial score (nSPS) is 10.6. The molecule has 0 atom stereocenters. The molecule has 0 amide bonds. The maximum atomic E-state index is 8.84. The third-order valence-corrected chi connectivity index (χ3v) is 2.66. The van der Waals surface area contributed by atoms with Gasteiger partial charge in [0.1, 0.15) is 5.01 Å². The van der Waals surface area contributed by atoms with Crippen LogP contribution in [0.2, 0.25) is 0 Å². The number of aromatic nitrogens is 3. The van der Waals surface area contributed by atoms with Gasteiger partial charge in [0.25, 0.3) is 0 Å². The minimum atomic E-state index is -0.00560. The highest BCUT2D eigenvalue weighted by atomic mass is 32.1. The minimum Gasteiger partial charge on any atom is -0.390 e. The van der Waals surface area contributed by atoms with E-state index in [0.717, 1.165) is 10.7 Å². The summed E-state index contributed by atoms with van der Waals surface area (Å²) in [5.74, 6) is 0. The maximum Gasteiger partial charge on any atom is 0.141 e. The zero-order valence-corrected chi connectivity index (χ0v) is 7.95. The van der Waals surface area contributed by atoms with Gasteiger partial charge in [-0.1, -0.05) is 0 Å². The first-order valence-electron chi connectivity index (χ1n) is 3.83. The van der Waals surface area contributed by atoms with Gasteiger partial charge in [-0.3, -0.25) is 0 Å². The lowest BCUT2D eigenvalue weighted by atomic mass is 10.5. The average molecular weight is 195 g/mol. The first-order chi connectivity index (χ1) is 6.31. The van der Waals surface area contributed by atoms with Crippen LogP contribution in [-0.2, 0) is 13.7 Å². The van der Waals surface area contributed by atoms with Gasteiger partial charge in [-0.15, -0.1) is 11.3 Å². The second-order valence-corrected chi connectivity index (χ2v) is 3.55. The molecule has 4 nitrogen and oxygen atoms in total. The first-order valence-corrected chi connectivity index (χ1v) is 4.71. The lowest BCUT2D eigenvalue weighted by Gasteiger charge is -1.95. The van der Waals surface area contributed by atoms with Gasteiger partial charge < -0.3 is 9.67 Å². The summed E-state index contributed by atoms with van der Waals surface area (Å²) in [6.45, 7) is -0.00560. The molecule has 0 aliphatic rings. The van der Waals surface area contributed by atoms with E-state index in [2.05, 4.69) is 9.97 Å². The molecule has 2 rings (SSSR count). The van der Waals surface area contributed by atoms with Crippen molar-refractivity contribution in [2.24, 2.45) is 7.05 Å². The van der Waals surface area contributed by atoms with E-state index in [0.29, 0.717) is 5.69 Å². The van der Waals surface area contributed by atoms with E-state index in [4.69, 9.17) is 5.11 Å². The molecule has 2 aromatic rings. The number of hydrogen-bond acceptors (Lipinski definition) is 4. The number of hydrogen-bond donors (Lipinski definition) is 1. The third-order valence-electron chi connectivity index (χ3n) is 1.75. The zero-order chi connectivity index (χ0) is 9.26. The van der Waals surface area contributed by atoms with Crippen LogP contribution in [-0.4, -0.2) is 19.6 Å². The van der Waals surface area contributed by atoms with Gasteiger partial charge in [-0.05, 0) is 0 Å². The Kier molecular flexibility index (Phi) is 2.12. The lowest BCUT2D eigenvalue weighted by Crippen LogP contribution is -1.89. The van der Waals surface area contributed by atoms with Crippen molar-refractivity contribution in [1.82, 2.24) is 14.5 Å². The van der Waals surface area contributed by atoms with Gasteiger partial charge in [0.15, 0.2) is 0 Å². The Labute approximate surface area is 79.5 Å². The number of nitrogens with zero attached hydrogens (tertiary/aromatic N) is 3. The summed E-state index contributed by atoms with van der Waals surface area (Å²) in [6, 6.07) is 0. The molecule has 0 spiro atoms. The molecule has 5 heteroatoms. The molecule has 0 aliphatic heterocycles. The second kappa shape index (κ2) is 3.27. The molecule has 0 saturated carbocycles. The van der Waals surface area contributed by atoms with Gasteiger partial charge in [0.2, 0.25) is 0 Å². The average Bonchev–Trinajstić information content (AvgIpc) is 2.71. The monoisotopic (exact) mass is 195 g/mol. The van der Waals surface area contributed by atoms with E-state index in [-0.39, 0.29) is 6.61 Å². The Morgan fingerprint density at radius 2 is 2.46 bits per heavy atom. The highest BCUT2D eigenvalue weighted by molar-refractivity contribution is 7.13. The van der Waals surface area contributed by atoms with Crippen molar-refractivity contribution >= 4 is 11.3 Å². The van der Waals surface area contributed by atoms with Crippen LogP contribution in [0.5, 0.6) is 0 Å². The first kappa shape index (κ1) is 8.40. The standard InChI is InChI=1S/C8H9N3OS/c1-11-5-9-2-7(11)8-10-6(3-12)4-13-8/h2,4-5,12H,3H2,1H3. The Hall–Kier alpha value is -1.20. The molecule has 0 bridgehead atoms. The molecule has 0 radical (unpaired) electrons. The molecule has 68 valence electrons. The molecule has 0 aliphatic carbocycles. The Morgan fingerprint density at radius 3 is 3.00 bits per heavy atom. The SMILES string of the molecule is Cn1cncc1-c1nc(CO)cs1. The van der Waals surface area contributed by atoms with Crippen LogP contribution in [0.1, 0.15) is 5.69 Å². The molecule has 0 saturated heterocycles. The molecular weight excluding hydrogens is 186 g/mol. The highest BCUT2D eigenvalue weighted by Crippen LogP contribution is 2.22. The zero-order valence-electron chi connectivity index (χ0n) is 7.14. The van der Waals surface area contributed by atoms with Crippen molar-refractivity contribution in [3.63, 3.8) is 0 Å². The summed E-state index contributed by atoms with van der Waals surface area (Å²) in [6.07, 6.45) is 3.50. The lowest BCUT2D eigenvalue weighted by molar-refractivity contribution is 0.278. The van der Waals surface area contributed by atoms with Crippen LogP contribution >= 0.6 is 11.3 Å². The predicted octanol–water partition coefficient (Wildman–Crippen LogP) is 1.04. The summed E-state index contributed by atoms with van der Waals surface area (Å²) in [4.78, 5) is 8.24. The van der Waals surface area contributed by atoms with Crippen LogP contribution < -0.4 is 0 Å². The topological polar surface area (TPSA) is 50.9 Å². The van der Waals surface area contributed by atoms with Crippen LogP contribution in [0.15, 0.2) is 17.9 Å². The van der Waals surface area contributed by atoms with E-state index in [9.17, 15) is 0 Å². The van der Waals surface area contributed by atoms with Gasteiger partial charge >= 0.3 is 0 Å². The van der Waals surface area contributed by atoms with E-state index in [1.54, 1.807) is 12.5 Å². The summed E-state index contributed by atoms with van der Waals surface area (Å²) < 4.78 is 1.90. The largest absolute Gasteiger partial charge is 0.390 e. The number of aryl methyl sites for hydroxylation is 1. The number of aliphatic hydroxyl groups is 1. The van der Waals surface area contributed by atoms with Crippen molar-refractivity contribution in [2.75, 3.05) is 0 Å². The molecule has 0 fully saturated rings. The fourth-order valence-corrected chi connectivity index (χ4v) is 1.92. The van der Waals surface area contributed by atoms with Gasteiger partial charge in [0.05, 0.1) is 30.5 Å². The summed E-state index contributed by atoms with van der Waals surface area (Å²) in [7, 11) is 1.92. The molecule has 0 unspecified atom stereocenters. The Balaban J connectivity index is 2.41. The van der Waals surface area contributed by atoms with Crippen LogP contribution in [0, 0.1) is 0 Å². The predicted molar refractivity (Wildman–Crippen MR) is 50.2 cm³/mol. The van der Waals surface area contributed by atoms with Crippen LogP contribution in [0.3, 0.4) is 0 Å². The Bertz CT molecular complexity index is 407. The number of rotatable bonds is 2. The quantitative estimate of drug-likeness (QED) is 0.778. The molecule has 2 aromatic heterocycles. The van der Waals surface area contributed by atoms with E-state index >= 15 is 0 Å². The minimum absolute atomic E-state index is 0.00560. The fraction of sp³-hybridized carbons (Fsp3) is 0.250. The van der Waals surface area contributed by atoms with Crippen molar-refractivity contribution in [3.8, 4) is 10.7 Å². The Morgan fingerprint density at radius 1 is 1.62 bits per heavy atom. The fourth-order valence-electron chi connectivity index (χ4n) is 1.06. The van der Waals surface area contributed by atoms with Gasteiger partial charge in [0, 0.05) is 12.4 Å². The van der Waals surface area contributed by atoms with Crippen LogP contribution in [0.25, 0.3) is 10.7 Å². The summed E-state index contributed by atoms with van der Waals surface area (Å²) in [5, 5.41) is 11.6. The van der Waals surface area contributed by atoms with E-state index in [1.165, 1.54) is 11.3 Å². The number of aliphatic hydroxyl groups excluding tert-OH is 1. The summed E-state index contributed by atoms with van der Waals surface area (Å²) >= 11 is 1.51. The maximum absolute atomic E-state index is 8.84. The molecule has 0 aromatic carbocycles. The second-order valence-electron chi connectivity index (χ2n) is 2.69. The van der Waals surface area contributed by atoms with Crippen molar-refractivity contribution in [3.05, 3.63) is 23.6 Å². The third kappa shape index (κ3) is 1.48.